The number of fused-ring (bicyclic) bond motifs is 1. The molecular weight excluding hydrogens is 320 g/mol. The van der Waals surface area contributed by atoms with Crippen molar-refractivity contribution in [1.82, 2.24) is 10.3 Å². The van der Waals surface area contributed by atoms with Gasteiger partial charge in [-0.2, -0.15) is 0 Å². The van der Waals surface area contributed by atoms with E-state index in [-0.39, 0.29) is 6.04 Å². The van der Waals surface area contributed by atoms with E-state index in [2.05, 4.69) is 67.7 Å². The molecule has 0 bridgehead atoms. The highest BCUT2D eigenvalue weighted by Crippen LogP contribution is 2.32. The SMILES string of the molecule is Cc1ccc(-c2cc(C(O)C3C=CCCN3)c3cccc(C)c3n2)cc1. The fourth-order valence-corrected chi connectivity index (χ4v) is 3.59. The topological polar surface area (TPSA) is 45.1 Å². The van der Waals surface area contributed by atoms with Gasteiger partial charge in [0, 0.05) is 10.9 Å². The highest BCUT2D eigenvalue weighted by Gasteiger charge is 2.23. The lowest BCUT2D eigenvalue weighted by atomic mass is 9.93. The molecule has 0 amide bonds. The smallest absolute Gasteiger partial charge is 0.0986 e. The Kier molecular flexibility index (Phi) is 4.58. The lowest BCUT2D eigenvalue weighted by molar-refractivity contribution is 0.147. The van der Waals surface area contributed by atoms with Crippen LogP contribution in [0.4, 0.5) is 0 Å². The predicted molar refractivity (Wildman–Crippen MR) is 107 cm³/mol. The molecule has 2 atom stereocenters. The zero-order valence-corrected chi connectivity index (χ0v) is 15.2. The van der Waals surface area contributed by atoms with Gasteiger partial charge in [-0.15, -0.1) is 0 Å². The second kappa shape index (κ2) is 7.02. The maximum Gasteiger partial charge on any atom is 0.0986 e. The van der Waals surface area contributed by atoms with Crippen molar-refractivity contribution in [2.45, 2.75) is 32.4 Å². The summed E-state index contributed by atoms with van der Waals surface area (Å²) in [7, 11) is 0. The maximum absolute atomic E-state index is 11.1. The van der Waals surface area contributed by atoms with Gasteiger partial charge in [-0.05, 0) is 44.0 Å². The van der Waals surface area contributed by atoms with E-state index >= 15 is 0 Å². The highest BCUT2D eigenvalue weighted by atomic mass is 16.3. The van der Waals surface area contributed by atoms with Gasteiger partial charge in [0.1, 0.15) is 0 Å². The van der Waals surface area contributed by atoms with Crippen LogP contribution in [0.1, 0.15) is 29.2 Å². The fraction of sp³-hybridized carbons (Fsp3) is 0.261. The summed E-state index contributed by atoms with van der Waals surface area (Å²) >= 11 is 0. The first-order chi connectivity index (χ1) is 12.6. The number of benzene rings is 2. The minimum Gasteiger partial charge on any atom is -0.386 e. The zero-order chi connectivity index (χ0) is 18.1. The number of nitrogens with one attached hydrogen (secondary N) is 1. The monoisotopic (exact) mass is 344 g/mol. The lowest BCUT2D eigenvalue weighted by Crippen LogP contribution is -2.36. The molecule has 3 heteroatoms. The summed E-state index contributed by atoms with van der Waals surface area (Å²) in [5.74, 6) is 0. The van der Waals surface area contributed by atoms with Gasteiger partial charge in [-0.3, -0.25) is 0 Å². The number of hydrogen-bond donors (Lipinski definition) is 2. The number of hydrogen-bond acceptors (Lipinski definition) is 3. The molecule has 0 spiro atoms. The van der Waals surface area contributed by atoms with Crippen molar-refractivity contribution in [2.24, 2.45) is 0 Å². The molecular formula is C23H24N2O. The minimum atomic E-state index is -0.608. The van der Waals surface area contributed by atoms with E-state index in [9.17, 15) is 5.11 Å². The Morgan fingerprint density at radius 2 is 1.92 bits per heavy atom. The minimum absolute atomic E-state index is 0.0688. The average Bonchev–Trinajstić information content (AvgIpc) is 2.68. The molecule has 2 unspecified atom stereocenters. The van der Waals surface area contributed by atoms with Crippen LogP contribution in [0.3, 0.4) is 0 Å². The number of aromatic nitrogens is 1. The van der Waals surface area contributed by atoms with Crippen LogP contribution in [0.2, 0.25) is 0 Å². The summed E-state index contributed by atoms with van der Waals surface area (Å²) < 4.78 is 0. The second-order valence-corrected chi connectivity index (χ2v) is 7.08. The first-order valence-electron chi connectivity index (χ1n) is 9.19. The summed E-state index contributed by atoms with van der Waals surface area (Å²) in [6, 6.07) is 16.5. The molecule has 132 valence electrons. The Morgan fingerprint density at radius 1 is 1.12 bits per heavy atom. The quantitative estimate of drug-likeness (QED) is 0.689. The Balaban J connectivity index is 1.89. The summed E-state index contributed by atoms with van der Waals surface area (Å²) in [5, 5.41) is 15.5. The number of aryl methyl sites for hydroxylation is 2. The zero-order valence-electron chi connectivity index (χ0n) is 15.2. The molecule has 1 aromatic heterocycles. The summed E-state index contributed by atoms with van der Waals surface area (Å²) in [6.45, 7) is 5.05. The molecule has 2 heterocycles. The molecule has 2 aromatic carbocycles. The van der Waals surface area contributed by atoms with Crippen LogP contribution in [0.5, 0.6) is 0 Å². The molecule has 2 N–H and O–H groups in total. The molecule has 0 saturated heterocycles. The van der Waals surface area contributed by atoms with Gasteiger partial charge in [0.2, 0.25) is 0 Å². The number of para-hydroxylation sites is 1. The fourth-order valence-electron chi connectivity index (χ4n) is 3.59. The first kappa shape index (κ1) is 17.0. The highest BCUT2D eigenvalue weighted by molar-refractivity contribution is 5.88. The van der Waals surface area contributed by atoms with Crippen molar-refractivity contribution in [2.75, 3.05) is 6.54 Å². The Bertz CT molecular complexity index is 960. The third-order valence-electron chi connectivity index (χ3n) is 5.11. The average molecular weight is 344 g/mol. The van der Waals surface area contributed by atoms with Gasteiger partial charge in [0.25, 0.3) is 0 Å². The molecule has 3 aromatic rings. The molecule has 1 aliphatic heterocycles. The number of rotatable bonds is 3. The van der Waals surface area contributed by atoms with Gasteiger partial charge >= 0.3 is 0 Å². The Morgan fingerprint density at radius 3 is 2.65 bits per heavy atom. The third-order valence-corrected chi connectivity index (χ3v) is 5.11. The van der Waals surface area contributed by atoms with Crippen LogP contribution in [0, 0.1) is 13.8 Å². The molecule has 26 heavy (non-hydrogen) atoms. The first-order valence-corrected chi connectivity index (χ1v) is 9.19. The van der Waals surface area contributed by atoms with E-state index in [1.54, 1.807) is 0 Å². The summed E-state index contributed by atoms with van der Waals surface area (Å²) in [4.78, 5) is 4.91. The van der Waals surface area contributed by atoms with E-state index < -0.39 is 6.10 Å². The van der Waals surface area contributed by atoms with Gasteiger partial charge in [-0.25, -0.2) is 4.98 Å². The van der Waals surface area contributed by atoms with E-state index in [1.165, 1.54) is 5.56 Å². The van der Waals surface area contributed by atoms with Crippen LogP contribution < -0.4 is 5.32 Å². The van der Waals surface area contributed by atoms with Gasteiger partial charge < -0.3 is 10.4 Å². The van der Waals surface area contributed by atoms with Crippen molar-refractivity contribution in [3.8, 4) is 11.3 Å². The van der Waals surface area contributed by atoms with Gasteiger partial charge in [0.15, 0.2) is 0 Å². The second-order valence-electron chi connectivity index (χ2n) is 7.08. The molecule has 4 rings (SSSR count). The normalized spacial score (nSPS) is 18.2. The van der Waals surface area contributed by atoms with E-state index in [0.717, 1.165) is 46.3 Å². The predicted octanol–water partition coefficient (Wildman–Crippen LogP) is 4.47. The molecule has 0 radical (unpaired) electrons. The van der Waals surface area contributed by atoms with Crippen molar-refractivity contribution in [1.29, 1.82) is 0 Å². The van der Waals surface area contributed by atoms with Crippen LogP contribution in [0.25, 0.3) is 22.2 Å². The van der Waals surface area contributed by atoms with Crippen molar-refractivity contribution in [3.63, 3.8) is 0 Å². The van der Waals surface area contributed by atoms with Crippen molar-refractivity contribution >= 4 is 10.9 Å². The van der Waals surface area contributed by atoms with Crippen LogP contribution in [-0.4, -0.2) is 22.7 Å². The van der Waals surface area contributed by atoms with Gasteiger partial charge in [-0.1, -0.05) is 60.2 Å². The Hall–Kier alpha value is -2.49. The van der Waals surface area contributed by atoms with Gasteiger partial charge in [0.05, 0.1) is 23.4 Å². The van der Waals surface area contributed by atoms with E-state index in [4.69, 9.17) is 4.98 Å². The number of nitrogens with zero attached hydrogens (tertiary/aromatic N) is 1. The lowest BCUT2D eigenvalue weighted by Gasteiger charge is -2.25. The maximum atomic E-state index is 11.1. The molecule has 0 fully saturated rings. The van der Waals surface area contributed by atoms with E-state index in [1.807, 2.05) is 12.1 Å². The van der Waals surface area contributed by atoms with Crippen molar-refractivity contribution in [3.05, 3.63) is 77.4 Å². The molecule has 3 nitrogen and oxygen atoms in total. The Labute approximate surface area is 154 Å². The number of pyridine rings is 1. The summed E-state index contributed by atoms with van der Waals surface area (Å²) in [5.41, 5.74) is 6.21. The molecule has 0 aliphatic carbocycles. The van der Waals surface area contributed by atoms with Crippen LogP contribution in [-0.2, 0) is 0 Å². The number of aliphatic hydroxyl groups excluding tert-OH is 1. The third kappa shape index (κ3) is 3.16. The van der Waals surface area contributed by atoms with Crippen LogP contribution >= 0.6 is 0 Å². The largest absolute Gasteiger partial charge is 0.386 e. The van der Waals surface area contributed by atoms with E-state index in [0.29, 0.717) is 0 Å². The number of aliphatic hydroxyl groups is 1. The van der Waals surface area contributed by atoms with Crippen molar-refractivity contribution < 1.29 is 5.11 Å². The standard InChI is InChI=1S/C23H24N2O/c1-15-9-11-17(12-10-15)21-14-19(23(26)20-8-3-4-13-24-20)18-7-5-6-16(2)22(18)25-21/h3,5-12,14,20,23-24,26H,4,13H2,1-2H3. The molecule has 1 aliphatic rings. The summed E-state index contributed by atoms with van der Waals surface area (Å²) in [6.07, 6.45) is 4.61. The van der Waals surface area contributed by atoms with Crippen LogP contribution in [0.15, 0.2) is 60.7 Å². The molecule has 0 saturated carbocycles.